The fourth-order valence-electron chi connectivity index (χ4n) is 2.29. The highest BCUT2D eigenvalue weighted by molar-refractivity contribution is 9.10. The standard InChI is InChI=1S/C12H15BrClFN2O/c1-6-4-5-18-12(6)11(17-16)7-2-3-8(13)9(14)10(7)15/h2-3,6,11-12,17H,4-5,16H2,1H3. The molecule has 6 heteroatoms. The van der Waals surface area contributed by atoms with Gasteiger partial charge < -0.3 is 4.74 Å². The van der Waals surface area contributed by atoms with Crippen LogP contribution < -0.4 is 11.3 Å². The zero-order valence-corrected chi connectivity index (χ0v) is 12.3. The predicted molar refractivity (Wildman–Crippen MR) is 72.7 cm³/mol. The minimum absolute atomic E-state index is 0.0680. The lowest BCUT2D eigenvalue weighted by Gasteiger charge is -2.26. The lowest BCUT2D eigenvalue weighted by atomic mass is 9.92. The Kier molecular flexibility index (Phi) is 4.61. The van der Waals surface area contributed by atoms with E-state index >= 15 is 0 Å². The number of rotatable bonds is 3. The topological polar surface area (TPSA) is 47.3 Å². The molecule has 3 nitrogen and oxygen atoms in total. The molecule has 0 saturated carbocycles. The van der Waals surface area contributed by atoms with Gasteiger partial charge in [0.15, 0.2) is 0 Å². The van der Waals surface area contributed by atoms with Gasteiger partial charge >= 0.3 is 0 Å². The second-order valence-electron chi connectivity index (χ2n) is 4.51. The summed E-state index contributed by atoms with van der Waals surface area (Å²) in [6, 6.07) is 2.99. The first kappa shape index (κ1) is 14.2. The average molecular weight is 338 g/mol. The molecule has 0 amide bonds. The Labute approximate surface area is 119 Å². The maximum absolute atomic E-state index is 14.2. The van der Waals surface area contributed by atoms with E-state index < -0.39 is 11.9 Å². The van der Waals surface area contributed by atoms with E-state index in [4.69, 9.17) is 22.2 Å². The molecule has 2 rings (SSSR count). The van der Waals surface area contributed by atoms with Gasteiger partial charge in [-0.3, -0.25) is 11.3 Å². The highest BCUT2D eigenvalue weighted by Crippen LogP contribution is 2.35. The average Bonchev–Trinajstić information content (AvgIpc) is 2.77. The summed E-state index contributed by atoms with van der Waals surface area (Å²) >= 11 is 9.09. The number of halogens is 3. The Morgan fingerprint density at radius 3 is 2.89 bits per heavy atom. The van der Waals surface area contributed by atoms with Crippen molar-refractivity contribution in [2.45, 2.75) is 25.5 Å². The van der Waals surface area contributed by atoms with Crippen LogP contribution in [0.5, 0.6) is 0 Å². The molecule has 0 radical (unpaired) electrons. The quantitative estimate of drug-likeness (QED) is 0.506. The highest BCUT2D eigenvalue weighted by atomic mass is 79.9. The van der Waals surface area contributed by atoms with Gasteiger partial charge in [-0.05, 0) is 34.3 Å². The van der Waals surface area contributed by atoms with Crippen LogP contribution in [-0.2, 0) is 4.74 Å². The van der Waals surface area contributed by atoms with Gasteiger partial charge in [0.25, 0.3) is 0 Å². The normalized spacial score (nSPS) is 25.4. The monoisotopic (exact) mass is 336 g/mol. The van der Waals surface area contributed by atoms with Crippen LogP contribution in [0.1, 0.15) is 24.9 Å². The van der Waals surface area contributed by atoms with Gasteiger partial charge in [0, 0.05) is 16.6 Å². The minimum Gasteiger partial charge on any atom is -0.376 e. The number of hydrazine groups is 1. The molecule has 0 spiro atoms. The van der Waals surface area contributed by atoms with E-state index in [-0.39, 0.29) is 11.1 Å². The summed E-state index contributed by atoms with van der Waals surface area (Å²) in [5.74, 6) is 5.42. The summed E-state index contributed by atoms with van der Waals surface area (Å²) in [5, 5.41) is 0.0680. The molecule has 1 aromatic carbocycles. The summed E-state index contributed by atoms with van der Waals surface area (Å²) in [7, 11) is 0. The third kappa shape index (κ3) is 2.56. The molecule has 0 aromatic heterocycles. The molecule has 1 aliphatic rings. The van der Waals surface area contributed by atoms with Gasteiger partial charge in [-0.2, -0.15) is 0 Å². The van der Waals surface area contributed by atoms with Gasteiger partial charge in [0.1, 0.15) is 5.82 Å². The molecule has 1 fully saturated rings. The smallest absolute Gasteiger partial charge is 0.147 e. The van der Waals surface area contributed by atoms with Crippen LogP contribution in [-0.4, -0.2) is 12.7 Å². The largest absolute Gasteiger partial charge is 0.376 e. The molecule has 0 bridgehead atoms. The van der Waals surface area contributed by atoms with Gasteiger partial charge in [-0.1, -0.05) is 24.6 Å². The molecular formula is C12H15BrClFN2O. The van der Waals surface area contributed by atoms with Crippen LogP contribution in [0, 0.1) is 11.7 Å². The van der Waals surface area contributed by atoms with Crippen molar-refractivity contribution in [2.24, 2.45) is 11.8 Å². The lowest BCUT2D eigenvalue weighted by Crippen LogP contribution is -2.39. The fourth-order valence-corrected chi connectivity index (χ4v) is 2.76. The SMILES string of the molecule is CC1CCOC1C(NN)c1ccc(Br)c(Cl)c1F. The molecule has 3 atom stereocenters. The number of ether oxygens (including phenoxy) is 1. The zero-order chi connectivity index (χ0) is 13.3. The summed E-state index contributed by atoms with van der Waals surface area (Å²) in [4.78, 5) is 0. The second-order valence-corrected chi connectivity index (χ2v) is 5.74. The van der Waals surface area contributed by atoms with Crippen molar-refractivity contribution in [3.05, 3.63) is 33.0 Å². The fraction of sp³-hybridized carbons (Fsp3) is 0.500. The van der Waals surface area contributed by atoms with Crippen molar-refractivity contribution in [2.75, 3.05) is 6.61 Å². The van der Waals surface area contributed by atoms with Crippen molar-refractivity contribution in [1.29, 1.82) is 0 Å². The van der Waals surface area contributed by atoms with Crippen LogP contribution in [0.3, 0.4) is 0 Å². The van der Waals surface area contributed by atoms with Crippen molar-refractivity contribution >= 4 is 27.5 Å². The molecule has 1 aliphatic heterocycles. The van der Waals surface area contributed by atoms with E-state index in [1.807, 2.05) is 0 Å². The second kappa shape index (κ2) is 5.84. The summed E-state index contributed by atoms with van der Waals surface area (Å²) < 4.78 is 20.3. The summed E-state index contributed by atoms with van der Waals surface area (Å²) in [6.07, 6.45) is 0.816. The van der Waals surface area contributed by atoms with Crippen molar-refractivity contribution in [1.82, 2.24) is 5.43 Å². The van der Waals surface area contributed by atoms with Crippen molar-refractivity contribution in [3.8, 4) is 0 Å². The van der Waals surface area contributed by atoms with E-state index in [0.717, 1.165) is 6.42 Å². The number of benzene rings is 1. The van der Waals surface area contributed by atoms with E-state index in [9.17, 15) is 4.39 Å². The molecule has 100 valence electrons. The molecule has 18 heavy (non-hydrogen) atoms. The number of nitrogens with one attached hydrogen (secondary N) is 1. The molecule has 3 unspecified atom stereocenters. The third-order valence-electron chi connectivity index (χ3n) is 3.35. The first-order chi connectivity index (χ1) is 8.56. The molecule has 1 heterocycles. The van der Waals surface area contributed by atoms with Crippen LogP contribution in [0.15, 0.2) is 16.6 Å². The number of hydrogen-bond donors (Lipinski definition) is 2. The Bertz CT molecular complexity index is 446. The van der Waals surface area contributed by atoms with E-state index in [1.165, 1.54) is 0 Å². The van der Waals surface area contributed by atoms with Crippen LogP contribution >= 0.6 is 27.5 Å². The van der Waals surface area contributed by atoms with E-state index in [2.05, 4.69) is 28.3 Å². The Hall–Kier alpha value is -0.200. The minimum atomic E-state index is -0.461. The first-order valence-corrected chi connectivity index (χ1v) is 6.94. The first-order valence-electron chi connectivity index (χ1n) is 5.77. The van der Waals surface area contributed by atoms with Crippen molar-refractivity contribution < 1.29 is 9.13 Å². The predicted octanol–water partition coefficient (Wildman–Crippen LogP) is 3.17. The molecule has 0 aliphatic carbocycles. The zero-order valence-electron chi connectivity index (χ0n) is 9.92. The van der Waals surface area contributed by atoms with Crippen LogP contribution in [0.4, 0.5) is 4.39 Å². The Morgan fingerprint density at radius 2 is 2.33 bits per heavy atom. The van der Waals surface area contributed by atoms with Crippen LogP contribution in [0.2, 0.25) is 5.02 Å². The van der Waals surface area contributed by atoms with Gasteiger partial charge in [0.05, 0.1) is 17.2 Å². The maximum Gasteiger partial charge on any atom is 0.147 e. The molecular weight excluding hydrogens is 322 g/mol. The van der Waals surface area contributed by atoms with Gasteiger partial charge in [0.2, 0.25) is 0 Å². The number of hydrogen-bond acceptors (Lipinski definition) is 3. The van der Waals surface area contributed by atoms with Gasteiger partial charge in [-0.25, -0.2) is 4.39 Å². The summed E-state index contributed by atoms with van der Waals surface area (Å²) in [6.45, 7) is 2.75. The molecule has 1 saturated heterocycles. The Balaban J connectivity index is 2.36. The highest BCUT2D eigenvalue weighted by Gasteiger charge is 2.34. The lowest BCUT2D eigenvalue weighted by molar-refractivity contribution is 0.0596. The van der Waals surface area contributed by atoms with E-state index in [0.29, 0.717) is 22.6 Å². The van der Waals surface area contributed by atoms with E-state index in [1.54, 1.807) is 12.1 Å². The Morgan fingerprint density at radius 1 is 1.61 bits per heavy atom. The third-order valence-corrected chi connectivity index (χ3v) is 4.61. The van der Waals surface area contributed by atoms with Crippen LogP contribution in [0.25, 0.3) is 0 Å². The van der Waals surface area contributed by atoms with Crippen molar-refractivity contribution in [3.63, 3.8) is 0 Å². The number of nitrogens with two attached hydrogens (primary N) is 1. The molecule has 1 aromatic rings. The van der Waals surface area contributed by atoms with Gasteiger partial charge in [-0.15, -0.1) is 0 Å². The summed E-state index contributed by atoms with van der Waals surface area (Å²) in [5.41, 5.74) is 3.07. The molecule has 3 N–H and O–H groups in total. The maximum atomic E-state index is 14.2.